The van der Waals surface area contributed by atoms with Crippen molar-refractivity contribution >= 4 is 18.2 Å². The predicted octanol–water partition coefficient (Wildman–Crippen LogP) is 2.69. The molecular formula is C13H19N5S. The number of nitrogens with one attached hydrogen (secondary N) is 1. The molecule has 6 heteroatoms. The summed E-state index contributed by atoms with van der Waals surface area (Å²) in [6, 6.07) is 6.07. The molecule has 102 valence electrons. The zero-order valence-corrected chi connectivity index (χ0v) is 12.4. The van der Waals surface area contributed by atoms with E-state index in [1.165, 1.54) is 0 Å². The van der Waals surface area contributed by atoms with Crippen molar-refractivity contribution in [3.63, 3.8) is 0 Å². The van der Waals surface area contributed by atoms with Crippen molar-refractivity contribution in [2.75, 3.05) is 11.4 Å². The van der Waals surface area contributed by atoms with Crippen molar-refractivity contribution in [2.24, 2.45) is 0 Å². The van der Waals surface area contributed by atoms with Crippen LogP contribution in [0, 0.1) is 11.7 Å². The predicted molar refractivity (Wildman–Crippen MR) is 78.8 cm³/mol. The summed E-state index contributed by atoms with van der Waals surface area (Å²) >= 11 is 5.23. The molecule has 2 heterocycles. The largest absolute Gasteiger partial charge is 0.335 e. The van der Waals surface area contributed by atoms with Crippen LogP contribution in [-0.2, 0) is 13.1 Å². The molecule has 0 saturated carbocycles. The van der Waals surface area contributed by atoms with Crippen LogP contribution in [0.4, 0.5) is 5.95 Å². The van der Waals surface area contributed by atoms with Crippen molar-refractivity contribution in [1.29, 1.82) is 0 Å². The Balaban J connectivity index is 2.27. The van der Waals surface area contributed by atoms with Crippen LogP contribution in [0.3, 0.4) is 0 Å². The summed E-state index contributed by atoms with van der Waals surface area (Å²) in [6.45, 7) is 8.57. The normalized spacial score (nSPS) is 10.7. The molecule has 0 aliphatic heterocycles. The molecule has 0 unspecified atom stereocenters. The fourth-order valence-corrected chi connectivity index (χ4v) is 2.30. The number of aryl methyl sites for hydroxylation is 1. The number of hydrogen-bond acceptors (Lipinski definition) is 4. The minimum atomic E-state index is 0.660. The van der Waals surface area contributed by atoms with Crippen LogP contribution in [0.15, 0.2) is 18.2 Å². The Labute approximate surface area is 118 Å². The lowest BCUT2D eigenvalue weighted by Crippen LogP contribution is -2.26. The number of rotatable bonds is 5. The summed E-state index contributed by atoms with van der Waals surface area (Å²) in [5.74, 6) is 0.873. The summed E-state index contributed by atoms with van der Waals surface area (Å²) < 4.78 is 2.65. The maximum absolute atomic E-state index is 5.23. The van der Waals surface area contributed by atoms with E-state index in [9.17, 15) is 0 Å². The lowest BCUT2D eigenvalue weighted by atomic mass is 10.3. The third kappa shape index (κ3) is 3.01. The summed E-state index contributed by atoms with van der Waals surface area (Å²) in [6.07, 6.45) is 0. The van der Waals surface area contributed by atoms with E-state index in [4.69, 9.17) is 12.2 Å². The number of hydrogen-bond donors (Lipinski definition) is 1. The highest BCUT2D eigenvalue weighted by molar-refractivity contribution is 7.71. The minimum absolute atomic E-state index is 0.660. The molecule has 1 N–H and O–H groups in total. The first-order valence-corrected chi connectivity index (χ1v) is 6.89. The van der Waals surface area contributed by atoms with Gasteiger partial charge in [-0.3, -0.25) is 9.55 Å². The summed E-state index contributed by atoms with van der Waals surface area (Å²) in [4.78, 5) is 6.70. The average Bonchev–Trinajstić information content (AvgIpc) is 2.77. The van der Waals surface area contributed by atoms with Crippen molar-refractivity contribution in [3.8, 4) is 0 Å². The van der Waals surface area contributed by atoms with Gasteiger partial charge in [-0.1, -0.05) is 6.07 Å². The topological polar surface area (TPSA) is 49.7 Å². The van der Waals surface area contributed by atoms with Gasteiger partial charge in [0.05, 0.1) is 12.2 Å². The molecule has 2 aromatic rings. The van der Waals surface area contributed by atoms with Crippen LogP contribution in [0.25, 0.3) is 0 Å². The lowest BCUT2D eigenvalue weighted by molar-refractivity contribution is 0.689. The average molecular weight is 277 g/mol. The monoisotopic (exact) mass is 277 g/mol. The Kier molecular flexibility index (Phi) is 4.31. The maximum Gasteiger partial charge on any atom is 0.226 e. The van der Waals surface area contributed by atoms with E-state index in [1.54, 1.807) is 0 Å². The van der Waals surface area contributed by atoms with E-state index in [0.29, 0.717) is 4.77 Å². The van der Waals surface area contributed by atoms with Crippen molar-refractivity contribution in [1.82, 2.24) is 19.7 Å². The molecule has 2 aromatic heterocycles. The third-order valence-corrected chi connectivity index (χ3v) is 3.33. The first-order chi connectivity index (χ1) is 9.15. The van der Waals surface area contributed by atoms with Gasteiger partial charge in [0.25, 0.3) is 0 Å². The van der Waals surface area contributed by atoms with Crippen LogP contribution in [0.2, 0.25) is 0 Å². The van der Waals surface area contributed by atoms with Gasteiger partial charge in [-0.15, -0.1) is 5.10 Å². The van der Waals surface area contributed by atoms with Crippen LogP contribution >= 0.6 is 12.2 Å². The third-order valence-electron chi connectivity index (χ3n) is 3.02. The second kappa shape index (κ2) is 5.97. The zero-order chi connectivity index (χ0) is 13.8. The van der Waals surface area contributed by atoms with E-state index in [0.717, 1.165) is 37.0 Å². The smallest absolute Gasteiger partial charge is 0.226 e. The van der Waals surface area contributed by atoms with Gasteiger partial charge in [0.2, 0.25) is 5.95 Å². The molecule has 0 aliphatic rings. The Bertz CT molecular complexity index is 601. The first kappa shape index (κ1) is 13.7. The van der Waals surface area contributed by atoms with Crippen LogP contribution in [0.5, 0.6) is 0 Å². The van der Waals surface area contributed by atoms with E-state index < -0.39 is 0 Å². The Morgan fingerprint density at radius 3 is 2.79 bits per heavy atom. The molecule has 19 heavy (non-hydrogen) atoms. The second-order valence-corrected chi connectivity index (χ2v) is 4.74. The fourth-order valence-electron chi connectivity index (χ4n) is 2.04. The number of pyridine rings is 1. The molecule has 0 aromatic carbocycles. The van der Waals surface area contributed by atoms with Gasteiger partial charge in [-0.25, -0.2) is 5.10 Å². The van der Waals surface area contributed by atoms with Crippen LogP contribution in [-0.4, -0.2) is 26.3 Å². The van der Waals surface area contributed by atoms with E-state index in [-0.39, 0.29) is 0 Å². The van der Waals surface area contributed by atoms with Gasteiger partial charge in [0.15, 0.2) is 4.77 Å². The lowest BCUT2D eigenvalue weighted by Gasteiger charge is -2.21. The highest BCUT2D eigenvalue weighted by Crippen LogP contribution is 2.14. The minimum Gasteiger partial charge on any atom is -0.335 e. The van der Waals surface area contributed by atoms with Gasteiger partial charge in [0, 0.05) is 18.8 Å². The van der Waals surface area contributed by atoms with Crippen LogP contribution < -0.4 is 4.90 Å². The molecule has 0 amide bonds. The molecule has 0 bridgehead atoms. The molecule has 0 radical (unpaired) electrons. The Morgan fingerprint density at radius 1 is 1.37 bits per heavy atom. The summed E-state index contributed by atoms with van der Waals surface area (Å²) in [7, 11) is 0. The van der Waals surface area contributed by atoms with Crippen molar-refractivity contribution < 1.29 is 0 Å². The summed E-state index contributed by atoms with van der Waals surface area (Å²) in [5.41, 5.74) is 2.07. The molecule has 0 atom stereocenters. The number of aromatic amines is 1. The van der Waals surface area contributed by atoms with E-state index >= 15 is 0 Å². The zero-order valence-electron chi connectivity index (χ0n) is 11.6. The Hall–Kier alpha value is -1.69. The second-order valence-electron chi connectivity index (χ2n) is 4.36. The molecule has 0 fully saturated rings. The quantitative estimate of drug-likeness (QED) is 0.854. The van der Waals surface area contributed by atoms with E-state index in [2.05, 4.69) is 33.9 Å². The number of H-pyrrole nitrogens is 1. The van der Waals surface area contributed by atoms with Gasteiger partial charge < -0.3 is 4.90 Å². The highest BCUT2D eigenvalue weighted by Gasteiger charge is 2.13. The summed E-state index contributed by atoms with van der Waals surface area (Å²) in [5, 5.41) is 7.17. The van der Waals surface area contributed by atoms with Gasteiger partial charge in [-0.05, 0) is 45.1 Å². The van der Waals surface area contributed by atoms with Gasteiger partial charge >= 0.3 is 0 Å². The standard InChI is InChI=1S/C13H19N5S/c1-4-17(9-11-8-6-7-10(3)14-11)12-15-16-13(19)18(12)5-2/h6-8H,4-5,9H2,1-3H3,(H,16,19). The highest BCUT2D eigenvalue weighted by atomic mass is 32.1. The molecule has 5 nitrogen and oxygen atoms in total. The maximum atomic E-state index is 5.23. The molecule has 0 saturated heterocycles. The number of anilines is 1. The van der Waals surface area contributed by atoms with Crippen molar-refractivity contribution in [2.45, 2.75) is 33.9 Å². The first-order valence-electron chi connectivity index (χ1n) is 6.48. The molecule has 2 rings (SSSR count). The molecule has 0 spiro atoms. The van der Waals surface area contributed by atoms with Gasteiger partial charge in [-0.2, -0.15) is 0 Å². The van der Waals surface area contributed by atoms with Gasteiger partial charge in [0.1, 0.15) is 0 Å². The van der Waals surface area contributed by atoms with Crippen LogP contribution in [0.1, 0.15) is 25.2 Å². The number of nitrogens with zero attached hydrogens (tertiary/aromatic N) is 4. The van der Waals surface area contributed by atoms with E-state index in [1.807, 2.05) is 29.7 Å². The fraction of sp³-hybridized carbons (Fsp3) is 0.462. The SMILES string of the molecule is CCN(Cc1cccc(C)n1)c1n[nH]c(=S)n1CC. The Morgan fingerprint density at radius 2 is 2.16 bits per heavy atom. The molecule has 0 aliphatic carbocycles. The molecular weight excluding hydrogens is 258 g/mol. The van der Waals surface area contributed by atoms with Crippen molar-refractivity contribution in [3.05, 3.63) is 34.4 Å². The number of aromatic nitrogens is 4.